The number of hydrogen-bond donors (Lipinski definition) is 3. The molecule has 1 aromatic carbocycles. The Morgan fingerprint density at radius 3 is 2.70 bits per heavy atom. The number of hydrogen-bond acceptors (Lipinski definition) is 3. The van der Waals surface area contributed by atoms with Gasteiger partial charge in [-0.2, -0.15) is 5.10 Å². The van der Waals surface area contributed by atoms with Crippen LogP contribution in [0.2, 0.25) is 0 Å². The van der Waals surface area contributed by atoms with Gasteiger partial charge < -0.3 is 10.6 Å². The van der Waals surface area contributed by atoms with Gasteiger partial charge >= 0.3 is 0 Å². The van der Waals surface area contributed by atoms with E-state index in [0.717, 1.165) is 37.2 Å². The molecule has 2 aromatic rings. The van der Waals surface area contributed by atoms with E-state index in [2.05, 4.69) is 20.8 Å². The second kappa shape index (κ2) is 5.88. The lowest BCUT2D eigenvalue weighted by atomic mass is 9.97. The number of rotatable bonds is 3. The SMILES string of the molecule is O=C(Nc1cc(-c2ccccc2)[nH]n1)C1CCNCC1. The maximum absolute atomic E-state index is 12.1. The van der Waals surface area contributed by atoms with Crippen LogP contribution in [0.3, 0.4) is 0 Å². The van der Waals surface area contributed by atoms with E-state index in [9.17, 15) is 4.79 Å². The van der Waals surface area contributed by atoms with Gasteiger partial charge in [0.15, 0.2) is 5.82 Å². The summed E-state index contributed by atoms with van der Waals surface area (Å²) in [6, 6.07) is 11.8. The molecule has 20 heavy (non-hydrogen) atoms. The third kappa shape index (κ3) is 2.88. The lowest BCUT2D eigenvalue weighted by Gasteiger charge is -2.21. The summed E-state index contributed by atoms with van der Waals surface area (Å²) in [6.07, 6.45) is 1.78. The minimum atomic E-state index is 0.0672. The number of amides is 1. The first-order valence-electron chi connectivity index (χ1n) is 6.95. The number of H-pyrrole nitrogens is 1. The van der Waals surface area contributed by atoms with Crippen molar-refractivity contribution >= 4 is 11.7 Å². The van der Waals surface area contributed by atoms with Crippen LogP contribution in [0.5, 0.6) is 0 Å². The molecule has 0 spiro atoms. The number of carbonyl (C=O) groups excluding carboxylic acids is 1. The van der Waals surface area contributed by atoms with Crippen molar-refractivity contribution in [3.05, 3.63) is 36.4 Å². The van der Waals surface area contributed by atoms with Gasteiger partial charge in [-0.25, -0.2) is 0 Å². The molecule has 3 N–H and O–H groups in total. The van der Waals surface area contributed by atoms with Crippen LogP contribution >= 0.6 is 0 Å². The summed E-state index contributed by atoms with van der Waals surface area (Å²) < 4.78 is 0. The van der Waals surface area contributed by atoms with Gasteiger partial charge in [0.25, 0.3) is 0 Å². The molecule has 5 nitrogen and oxygen atoms in total. The smallest absolute Gasteiger partial charge is 0.228 e. The van der Waals surface area contributed by atoms with Crippen molar-refractivity contribution in [3.8, 4) is 11.3 Å². The molecule has 1 fully saturated rings. The molecular weight excluding hydrogens is 252 g/mol. The molecule has 1 aliphatic heterocycles. The summed E-state index contributed by atoms with van der Waals surface area (Å²) in [5.74, 6) is 0.748. The Kier molecular flexibility index (Phi) is 3.78. The predicted molar refractivity (Wildman–Crippen MR) is 78.2 cm³/mol. The summed E-state index contributed by atoms with van der Waals surface area (Å²) in [5.41, 5.74) is 1.97. The Labute approximate surface area is 117 Å². The Bertz CT molecular complexity index is 573. The van der Waals surface area contributed by atoms with E-state index in [4.69, 9.17) is 0 Å². The summed E-state index contributed by atoms with van der Waals surface area (Å²) in [4.78, 5) is 12.1. The third-order valence-corrected chi connectivity index (χ3v) is 3.62. The highest BCUT2D eigenvalue weighted by molar-refractivity contribution is 5.92. The molecule has 5 heteroatoms. The largest absolute Gasteiger partial charge is 0.317 e. The minimum Gasteiger partial charge on any atom is -0.317 e. The van der Waals surface area contributed by atoms with Crippen LogP contribution in [-0.4, -0.2) is 29.2 Å². The number of carbonyl (C=O) groups is 1. The lowest BCUT2D eigenvalue weighted by Crippen LogP contribution is -2.34. The van der Waals surface area contributed by atoms with Gasteiger partial charge in [-0.15, -0.1) is 0 Å². The molecule has 1 amide bonds. The van der Waals surface area contributed by atoms with E-state index in [1.165, 1.54) is 0 Å². The van der Waals surface area contributed by atoms with Crippen LogP contribution in [0, 0.1) is 5.92 Å². The van der Waals surface area contributed by atoms with Crippen LogP contribution in [0.25, 0.3) is 11.3 Å². The van der Waals surface area contributed by atoms with E-state index in [0.29, 0.717) is 5.82 Å². The number of piperidine rings is 1. The minimum absolute atomic E-state index is 0.0672. The van der Waals surface area contributed by atoms with Crippen molar-refractivity contribution in [1.29, 1.82) is 0 Å². The van der Waals surface area contributed by atoms with Gasteiger partial charge in [-0.05, 0) is 31.5 Å². The van der Waals surface area contributed by atoms with E-state index < -0.39 is 0 Å². The predicted octanol–water partition coefficient (Wildman–Crippen LogP) is 2.01. The number of aromatic nitrogens is 2. The average Bonchev–Trinajstić information content (AvgIpc) is 2.97. The normalized spacial score (nSPS) is 16.0. The number of nitrogens with one attached hydrogen (secondary N) is 3. The average molecular weight is 270 g/mol. The zero-order chi connectivity index (χ0) is 13.8. The Morgan fingerprint density at radius 1 is 1.20 bits per heavy atom. The molecule has 0 radical (unpaired) electrons. The molecule has 0 aliphatic carbocycles. The molecule has 0 atom stereocenters. The van der Waals surface area contributed by atoms with Crippen LogP contribution in [0.4, 0.5) is 5.82 Å². The van der Waals surface area contributed by atoms with Crippen LogP contribution < -0.4 is 10.6 Å². The Hall–Kier alpha value is -2.14. The first-order valence-corrected chi connectivity index (χ1v) is 6.95. The molecule has 2 heterocycles. The van der Waals surface area contributed by atoms with Gasteiger partial charge in [0.1, 0.15) is 0 Å². The van der Waals surface area contributed by atoms with Crippen LogP contribution in [0.1, 0.15) is 12.8 Å². The Balaban J connectivity index is 1.66. The second-order valence-corrected chi connectivity index (χ2v) is 5.05. The van der Waals surface area contributed by atoms with Crippen LogP contribution in [-0.2, 0) is 4.79 Å². The fourth-order valence-electron chi connectivity index (χ4n) is 2.46. The molecule has 1 aliphatic rings. The Morgan fingerprint density at radius 2 is 1.95 bits per heavy atom. The van der Waals surface area contributed by atoms with Crippen molar-refractivity contribution < 1.29 is 4.79 Å². The number of nitrogens with zero attached hydrogens (tertiary/aromatic N) is 1. The molecule has 3 rings (SSSR count). The third-order valence-electron chi connectivity index (χ3n) is 3.62. The van der Waals surface area contributed by atoms with E-state index >= 15 is 0 Å². The highest BCUT2D eigenvalue weighted by Crippen LogP contribution is 2.20. The molecule has 0 bridgehead atoms. The van der Waals surface area contributed by atoms with Gasteiger partial charge in [-0.3, -0.25) is 9.89 Å². The first kappa shape index (κ1) is 12.9. The zero-order valence-electron chi connectivity index (χ0n) is 11.2. The summed E-state index contributed by atoms with van der Waals surface area (Å²) >= 11 is 0. The summed E-state index contributed by atoms with van der Waals surface area (Å²) in [5, 5.41) is 13.3. The molecular formula is C15H18N4O. The number of anilines is 1. The molecule has 0 unspecified atom stereocenters. The first-order chi connectivity index (χ1) is 9.83. The molecule has 1 aromatic heterocycles. The monoisotopic (exact) mass is 270 g/mol. The quantitative estimate of drug-likeness (QED) is 0.799. The molecule has 0 saturated carbocycles. The van der Waals surface area contributed by atoms with Crippen molar-refractivity contribution in [2.75, 3.05) is 18.4 Å². The topological polar surface area (TPSA) is 69.8 Å². The van der Waals surface area contributed by atoms with Crippen molar-refractivity contribution in [3.63, 3.8) is 0 Å². The van der Waals surface area contributed by atoms with Crippen molar-refractivity contribution in [2.24, 2.45) is 5.92 Å². The van der Waals surface area contributed by atoms with Gasteiger partial charge in [0.2, 0.25) is 5.91 Å². The number of benzene rings is 1. The van der Waals surface area contributed by atoms with E-state index in [1.807, 2.05) is 36.4 Å². The highest BCUT2D eigenvalue weighted by atomic mass is 16.2. The lowest BCUT2D eigenvalue weighted by molar-refractivity contribution is -0.120. The fraction of sp³-hybridized carbons (Fsp3) is 0.333. The standard InChI is InChI=1S/C15H18N4O/c20-15(12-6-8-16-9-7-12)17-14-10-13(18-19-14)11-4-2-1-3-5-11/h1-5,10,12,16H,6-9H2,(H2,17,18,19,20). The van der Waals surface area contributed by atoms with Gasteiger partial charge in [-0.1, -0.05) is 30.3 Å². The van der Waals surface area contributed by atoms with E-state index in [1.54, 1.807) is 0 Å². The number of aromatic amines is 1. The summed E-state index contributed by atoms with van der Waals surface area (Å²) in [6.45, 7) is 1.82. The van der Waals surface area contributed by atoms with Crippen molar-refractivity contribution in [2.45, 2.75) is 12.8 Å². The fourth-order valence-corrected chi connectivity index (χ4v) is 2.46. The van der Waals surface area contributed by atoms with Gasteiger partial charge in [0.05, 0.1) is 5.69 Å². The van der Waals surface area contributed by atoms with Crippen molar-refractivity contribution in [1.82, 2.24) is 15.5 Å². The molecule has 1 saturated heterocycles. The summed E-state index contributed by atoms with van der Waals surface area (Å²) in [7, 11) is 0. The second-order valence-electron chi connectivity index (χ2n) is 5.05. The van der Waals surface area contributed by atoms with E-state index in [-0.39, 0.29) is 11.8 Å². The van der Waals surface area contributed by atoms with Crippen LogP contribution in [0.15, 0.2) is 36.4 Å². The maximum atomic E-state index is 12.1. The maximum Gasteiger partial charge on any atom is 0.228 e. The highest BCUT2D eigenvalue weighted by Gasteiger charge is 2.21. The molecule has 104 valence electrons. The zero-order valence-corrected chi connectivity index (χ0v) is 11.2. The van der Waals surface area contributed by atoms with Gasteiger partial charge in [0, 0.05) is 12.0 Å².